The fourth-order valence-corrected chi connectivity index (χ4v) is 5.10. The average Bonchev–Trinajstić information content (AvgIpc) is 2.77. The van der Waals surface area contributed by atoms with Gasteiger partial charge in [-0.15, -0.1) is 0 Å². The molecule has 166 valence electrons. The summed E-state index contributed by atoms with van der Waals surface area (Å²) in [4.78, 5) is 24.2. The largest absolute Gasteiger partial charge is 0.452 e. The molecule has 1 aliphatic heterocycles. The normalized spacial score (nSPS) is 14.8. The molecule has 2 aromatic rings. The zero-order valence-electron chi connectivity index (χ0n) is 16.3. The van der Waals surface area contributed by atoms with Crippen LogP contribution >= 0.6 is 23.2 Å². The fraction of sp³-hybridized carbons (Fsp3) is 0.300. The summed E-state index contributed by atoms with van der Waals surface area (Å²) in [7, 11) is -3.96. The number of halogens is 2. The maximum Gasteiger partial charge on any atom is 0.340 e. The zero-order chi connectivity index (χ0) is 22.4. The van der Waals surface area contributed by atoms with Crippen LogP contribution in [-0.4, -0.2) is 57.5 Å². The summed E-state index contributed by atoms with van der Waals surface area (Å²) in [6, 6.07) is 11.5. The number of rotatable bonds is 7. The quantitative estimate of drug-likeness (QED) is 0.603. The molecule has 0 spiro atoms. The van der Waals surface area contributed by atoms with E-state index in [0.29, 0.717) is 0 Å². The van der Waals surface area contributed by atoms with E-state index >= 15 is 0 Å². The minimum Gasteiger partial charge on any atom is -0.452 e. The molecule has 1 heterocycles. The number of hydrogen-bond donors (Lipinski definition) is 1. The van der Waals surface area contributed by atoms with Crippen molar-refractivity contribution < 1.29 is 27.5 Å². The SMILES string of the molecule is O=C(COC(=O)c1cc(S(=O)(=O)N2CCOCC2)c(Cl)cc1Cl)NCc1ccccc1. The van der Waals surface area contributed by atoms with Crippen molar-refractivity contribution in [3.05, 3.63) is 63.6 Å². The molecular weight excluding hydrogens is 467 g/mol. The Hall–Kier alpha value is -2.17. The number of benzene rings is 2. The van der Waals surface area contributed by atoms with Crippen molar-refractivity contribution in [2.24, 2.45) is 0 Å². The molecule has 1 N–H and O–H groups in total. The molecular formula is C20H20Cl2N2O6S. The maximum atomic E-state index is 12.9. The number of nitrogens with one attached hydrogen (secondary N) is 1. The number of carbonyl (C=O) groups excluding carboxylic acids is 2. The summed E-state index contributed by atoms with van der Waals surface area (Å²) in [5.41, 5.74) is 0.689. The lowest BCUT2D eigenvalue weighted by atomic mass is 10.2. The van der Waals surface area contributed by atoms with Crippen molar-refractivity contribution in [2.75, 3.05) is 32.9 Å². The Morgan fingerprint density at radius 3 is 2.42 bits per heavy atom. The number of nitrogens with zero attached hydrogens (tertiary/aromatic N) is 1. The number of ether oxygens (including phenoxy) is 2. The molecule has 0 radical (unpaired) electrons. The predicted molar refractivity (Wildman–Crippen MR) is 115 cm³/mol. The maximum absolute atomic E-state index is 12.9. The summed E-state index contributed by atoms with van der Waals surface area (Å²) in [5.74, 6) is -1.45. The van der Waals surface area contributed by atoms with Crippen LogP contribution in [0.15, 0.2) is 47.4 Å². The number of hydrogen-bond acceptors (Lipinski definition) is 6. The first-order chi connectivity index (χ1) is 14.8. The topological polar surface area (TPSA) is 102 Å². The standard InChI is InChI=1S/C20H20Cl2N2O6S/c21-16-11-17(22)18(31(27,28)24-6-8-29-9-7-24)10-15(16)20(26)30-13-19(25)23-12-14-4-2-1-3-5-14/h1-5,10-11H,6-9,12-13H2,(H,23,25). The van der Waals surface area contributed by atoms with Gasteiger partial charge in [-0.3, -0.25) is 4.79 Å². The molecule has 0 aromatic heterocycles. The van der Waals surface area contributed by atoms with Crippen LogP contribution in [0.2, 0.25) is 10.0 Å². The number of morpholine rings is 1. The molecule has 31 heavy (non-hydrogen) atoms. The molecule has 0 aliphatic carbocycles. The van der Waals surface area contributed by atoms with Crippen LogP contribution in [0, 0.1) is 0 Å². The van der Waals surface area contributed by atoms with Gasteiger partial charge in [-0.05, 0) is 17.7 Å². The number of esters is 1. The zero-order valence-corrected chi connectivity index (χ0v) is 18.7. The van der Waals surface area contributed by atoms with Crippen molar-refractivity contribution in [2.45, 2.75) is 11.4 Å². The van der Waals surface area contributed by atoms with Crippen molar-refractivity contribution in [1.29, 1.82) is 0 Å². The lowest BCUT2D eigenvalue weighted by Gasteiger charge is -2.26. The van der Waals surface area contributed by atoms with Crippen LogP contribution < -0.4 is 5.32 Å². The van der Waals surface area contributed by atoms with Gasteiger partial charge >= 0.3 is 5.97 Å². The second-order valence-corrected chi connectivity index (χ2v) is 9.34. The minimum absolute atomic E-state index is 0.0828. The molecule has 2 aromatic carbocycles. The van der Waals surface area contributed by atoms with Gasteiger partial charge in [-0.1, -0.05) is 53.5 Å². The van der Waals surface area contributed by atoms with E-state index < -0.39 is 28.5 Å². The highest BCUT2D eigenvalue weighted by molar-refractivity contribution is 7.89. The molecule has 1 fully saturated rings. The lowest BCUT2D eigenvalue weighted by Crippen LogP contribution is -2.40. The smallest absolute Gasteiger partial charge is 0.340 e. The Labute approximate surface area is 190 Å². The van der Waals surface area contributed by atoms with E-state index in [1.165, 1.54) is 10.4 Å². The third-order valence-corrected chi connectivity index (χ3v) is 7.17. The van der Waals surface area contributed by atoms with Gasteiger partial charge in [0, 0.05) is 19.6 Å². The van der Waals surface area contributed by atoms with E-state index in [1.54, 1.807) is 0 Å². The molecule has 8 nitrogen and oxygen atoms in total. The number of amides is 1. The monoisotopic (exact) mass is 486 g/mol. The summed E-state index contributed by atoms with van der Waals surface area (Å²) < 4.78 is 37.2. The first kappa shape index (κ1) is 23.5. The van der Waals surface area contributed by atoms with Crippen molar-refractivity contribution in [3.63, 3.8) is 0 Å². The van der Waals surface area contributed by atoms with Crippen molar-refractivity contribution in [3.8, 4) is 0 Å². The minimum atomic E-state index is -3.96. The van der Waals surface area contributed by atoms with Crippen LogP contribution in [0.4, 0.5) is 0 Å². The van der Waals surface area contributed by atoms with Gasteiger partial charge in [0.05, 0.1) is 28.8 Å². The summed E-state index contributed by atoms with van der Waals surface area (Å²) >= 11 is 12.2. The first-order valence-electron chi connectivity index (χ1n) is 9.33. The van der Waals surface area contributed by atoms with E-state index in [0.717, 1.165) is 11.6 Å². The number of carbonyl (C=O) groups is 2. The van der Waals surface area contributed by atoms with Gasteiger partial charge in [-0.25, -0.2) is 13.2 Å². The van der Waals surface area contributed by atoms with Gasteiger partial charge < -0.3 is 14.8 Å². The van der Waals surface area contributed by atoms with Crippen LogP contribution in [0.1, 0.15) is 15.9 Å². The van der Waals surface area contributed by atoms with Crippen LogP contribution in [0.5, 0.6) is 0 Å². The van der Waals surface area contributed by atoms with Gasteiger partial charge in [-0.2, -0.15) is 4.31 Å². The van der Waals surface area contributed by atoms with E-state index in [2.05, 4.69) is 5.32 Å². The van der Waals surface area contributed by atoms with Crippen LogP contribution in [0.25, 0.3) is 0 Å². The second-order valence-electron chi connectivity index (χ2n) is 6.62. The van der Waals surface area contributed by atoms with Gasteiger partial charge in [0.1, 0.15) is 4.90 Å². The lowest BCUT2D eigenvalue weighted by molar-refractivity contribution is -0.124. The molecule has 11 heteroatoms. The Morgan fingerprint density at radius 1 is 1.06 bits per heavy atom. The summed E-state index contributed by atoms with van der Waals surface area (Å²) in [5, 5.41) is 2.42. The molecule has 0 bridgehead atoms. The van der Waals surface area contributed by atoms with E-state index in [4.69, 9.17) is 32.7 Å². The van der Waals surface area contributed by atoms with Gasteiger partial charge in [0.2, 0.25) is 10.0 Å². The Morgan fingerprint density at radius 2 is 1.74 bits per heavy atom. The third-order valence-electron chi connectivity index (χ3n) is 4.50. The molecule has 0 saturated carbocycles. The van der Waals surface area contributed by atoms with Crippen LogP contribution in [-0.2, 0) is 30.8 Å². The van der Waals surface area contributed by atoms with Crippen molar-refractivity contribution in [1.82, 2.24) is 9.62 Å². The van der Waals surface area contributed by atoms with Gasteiger partial charge in [0.25, 0.3) is 5.91 Å². The van der Waals surface area contributed by atoms with Crippen LogP contribution in [0.3, 0.4) is 0 Å². The molecule has 1 aliphatic rings. The first-order valence-corrected chi connectivity index (χ1v) is 11.5. The molecule has 3 rings (SSSR count). The van der Waals surface area contributed by atoms with E-state index in [1.807, 2.05) is 30.3 Å². The van der Waals surface area contributed by atoms with Crippen molar-refractivity contribution >= 4 is 45.1 Å². The fourth-order valence-electron chi connectivity index (χ4n) is 2.87. The van der Waals surface area contributed by atoms with Gasteiger partial charge in [0.15, 0.2) is 6.61 Å². The predicted octanol–water partition coefficient (Wildman–Crippen LogP) is 2.49. The average molecular weight is 487 g/mol. The molecule has 0 atom stereocenters. The Balaban J connectivity index is 1.68. The highest BCUT2D eigenvalue weighted by Crippen LogP contribution is 2.31. The Kier molecular flexibility index (Phi) is 7.90. The molecule has 0 unspecified atom stereocenters. The summed E-state index contributed by atoms with van der Waals surface area (Å²) in [6.07, 6.45) is 0. The number of sulfonamides is 1. The third kappa shape index (κ3) is 5.96. The summed E-state index contributed by atoms with van der Waals surface area (Å²) in [6.45, 7) is 0.594. The van der Waals surface area contributed by atoms with E-state index in [9.17, 15) is 18.0 Å². The molecule has 1 saturated heterocycles. The second kappa shape index (κ2) is 10.4. The Bertz CT molecular complexity index is 1060. The highest BCUT2D eigenvalue weighted by Gasteiger charge is 2.30. The molecule has 1 amide bonds. The van der Waals surface area contributed by atoms with E-state index in [-0.39, 0.29) is 53.4 Å². The highest BCUT2D eigenvalue weighted by atomic mass is 35.5.